The molecule has 0 aliphatic heterocycles. The molecule has 0 spiro atoms. The van der Waals surface area contributed by atoms with Crippen LogP contribution in [0.5, 0.6) is 5.75 Å². The maximum atomic E-state index is 12.4. The highest BCUT2D eigenvalue weighted by atomic mass is 16.4. The van der Waals surface area contributed by atoms with Gasteiger partial charge in [0.2, 0.25) is 0 Å². The van der Waals surface area contributed by atoms with Crippen molar-refractivity contribution in [1.82, 2.24) is 0 Å². The molecule has 126 valence electrons. The molecular formula is C21H24O3. The Morgan fingerprint density at radius 3 is 2.62 bits per heavy atom. The largest absolute Gasteiger partial charge is 0.507 e. The molecule has 0 aliphatic rings. The van der Waals surface area contributed by atoms with Crippen molar-refractivity contribution in [3.05, 3.63) is 51.9 Å². The van der Waals surface area contributed by atoms with E-state index in [0.717, 1.165) is 42.2 Å². The molecule has 2 aromatic carbocycles. The van der Waals surface area contributed by atoms with Crippen LogP contribution < -0.4 is 5.63 Å². The Kier molecular flexibility index (Phi) is 4.61. The lowest BCUT2D eigenvalue weighted by Crippen LogP contribution is -2.03. The average molecular weight is 324 g/mol. The Morgan fingerprint density at radius 1 is 1.12 bits per heavy atom. The summed E-state index contributed by atoms with van der Waals surface area (Å²) in [6.07, 6.45) is 4.25. The summed E-state index contributed by atoms with van der Waals surface area (Å²) in [5.41, 5.74) is 2.20. The first-order valence-electron chi connectivity index (χ1n) is 8.74. The second-order valence-corrected chi connectivity index (χ2v) is 6.76. The van der Waals surface area contributed by atoms with Crippen LogP contribution in [-0.4, -0.2) is 5.11 Å². The quantitative estimate of drug-likeness (QED) is 0.382. The number of hydrogen-bond donors (Lipinski definition) is 1. The molecule has 0 amide bonds. The van der Waals surface area contributed by atoms with Gasteiger partial charge >= 0.3 is 5.63 Å². The number of phenols is 1. The van der Waals surface area contributed by atoms with Gasteiger partial charge in [-0.05, 0) is 48.1 Å². The maximum Gasteiger partial charge on any atom is 0.344 e. The number of rotatable bonds is 5. The highest BCUT2D eigenvalue weighted by Gasteiger charge is 2.16. The van der Waals surface area contributed by atoms with E-state index in [1.807, 2.05) is 24.3 Å². The van der Waals surface area contributed by atoms with Crippen molar-refractivity contribution in [3.8, 4) is 5.75 Å². The van der Waals surface area contributed by atoms with Crippen LogP contribution in [0.3, 0.4) is 0 Å². The van der Waals surface area contributed by atoms with Gasteiger partial charge in [0.25, 0.3) is 0 Å². The average Bonchev–Trinajstić information content (AvgIpc) is 2.54. The summed E-state index contributed by atoms with van der Waals surface area (Å²) in [6, 6.07) is 9.37. The van der Waals surface area contributed by atoms with Crippen LogP contribution in [0.25, 0.3) is 21.7 Å². The smallest absolute Gasteiger partial charge is 0.344 e. The Balaban J connectivity index is 2.29. The van der Waals surface area contributed by atoms with Crippen molar-refractivity contribution in [2.45, 2.75) is 52.4 Å². The van der Waals surface area contributed by atoms with Crippen molar-refractivity contribution in [2.24, 2.45) is 0 Å². The molecule has 3 aromatic rings. The van der Waals surface area contributed by atoms with Crippen LogP contribution in [-0.2, 0) is 6.42 Å². The molecule has 0 bridgehead atoms. The molecule has 3 heteroatoms. The van der Waals surface area contributed by atoms with Crippen molar-refractivity contribution in [3.63, 3.8) is 0 Å². The number of phenolic OH excluding ortho intramolecular Hbond substituents is 1. The van der Waals surface area contributed by atoms with E-state index in [-0.39, 0.29) is 17.3 Å². The first-order chi connectivity index (χ1) is 11.5. The van der Waals surface area contributed by atoms with Crippen LogP contribution in [0.15, 0.2) is 39.5 Å². The highest BCUT2D eigenvalue weighted by Crippen LogP contribution is 2.36. The zero-order valence-corrected chi connectivity index (χ0v) is 14.6. The summed E-state index contributed by atoms with van der Waals surface area (Å²) in [5.74, 6) is 0.447. The predicted octanol–water partition coefficient (Wildman–Crippen LogP) is 5.51. The van der Waals surface area contributed by atoms with Crippen LogP contribution in [0.4, 0.5) is 0 Å². The van der Waals surface area contributed by atoms with Gasteiger partial charge in [0, 0.05) is 5.39 Å². The van der Waals surface area contributed by atoms with Gasteiger partial charge in [0.15, 0.2) is 0 Å². The van der Waals surface area contributed by atoms with Crippen molar-refractivity contribution < 1.29 is 9.52 Å². The van der Waals surface area contributed by atoms with Gasteiger partial charge in [-0.3, -0.25) is 0 Å². The summed E-state index contributed by atoms with van der Waals surface area (Å²) < 4.78 is 5.52. The van der Waals surface area contributed by atoms with Gasteiger partial charge in [-0.2, -0.15) is 0 Å². The fraction of sp³-hybridized carbons (Fsp3) is 0.381. The third kappa shape index (κ3) is 2.91. The van der Waals surface area contributed by atoms with Crippen LogP contribution in [0, 0.1) is 0 Å². The number of unbranched alkanes of at least 4 members (excludes halogenated alkanes) is 2. The van der Waals surface area contributed by atoms with Gasteiger partial charge in [-0.1, -0.05) is 45.7 Å². The SMILES string of the molecule is CCCCCc1cc(O)c2c(c1)oc(=O)c1cccc(C(C)C)c12. The summed E-state index contributed by atoms with van der Waals surface area (Å²) in [6.45, 7) is 6.34. The maximum absolute atomic E-state index is 12.4. The fourth-order valence-corrected chi connectivity index (χ4v) is 3.37. The number of benzene rings is 2. The van der Waals surface area contributed by atoms with Gasteiger partial charge in [0.05, 0.1) is 10.8 Å². The van der Waals surface area contributed by atoms with E-state index in [9.17, 15) is 9.90 Å². The minimum atomic E-state index is -0.342. The Bertz CT molecular complexity index is 935. The normalized spacial score (nSPS) is 11.7. The molecule has 0 radical (unpaired) electrons. The fourth-order valence-electron chi connectivity index (χ4n) is 3.37. The highest BCUT2D eigenvalue weighted by molar-refractivity contribution is 6.09. The van der Waals surface area contributed by atoms with Gasteiger partial charge in [-0.15, -0.1) is 0 Å². The van der Waals surface area contributed by atoms with E-state index < -0.39 is 0 Å². The number of aryl methyl sites for hydroxylation is 1. The monoisotopic (exact) mass is 324 g/mol. The van der Waals surface area contributed by atoms with Gasteiger partial charge in [0.1, 0.15) is 11.3 Å². The summed E-state index contributed by atoms with van der Waals surface area (Å²) >= 11 is 0. The lowest BCUT2D eigenvalue weighted by Gasteiger charge is -2.13. The van der Waals surface area contributed by atoms with E-state index >= 15 is 0 Å². The summed E-state index contributed by atoms with van der Waals surface area (Å²) in [4.78, 5) is 12.4. The third-order valence-corrected chi connectivity index (χ3v) is 4.60. The molecule has 0 fully saturated rings. The van der Waals surface area contributed by atoms with Crippen LogP contribution in [0.1, 0.15) is 57.1 Å². The minimum Gasteiger partial charge on any atom is -0.507 e. The minimum absolute atomic E-state index is 0.195. The second kappa shape index (κ2) is 6.68. The van der Waals surface area contributed by atoms with E-state index in [1.165, 1.54) is 0 Å². The Morgan fingerprint density at radius 2 is 1.92 bits per heavy atom. The number of aromatic hydroxyl groups is 1. The first-order valence-corrected chi connectivity index (χ1v) is 8.74. The van der Waals surface area contributed by atoms with E-state index in [0.29, 0.717) is 16.4 Å². The van der Waals surface area contributed by atoms with Crippen LogP contribution >= 0.6 is 0 Å². The molecule has 0 saturated carbocycles. The summed E-state index contributed by atoms with van der Waals surface area (Å²) in [7, 11) is 0. The molecule has 24 heavy (non-hydrogen) atoms. The second-order valence-electron chi connectivity index (χ2n) is 6.76. The zero-order chi connectivity index (χ0) is 17.3. The molecule has 1 heterocycles. The van der Waals surface area contributed by atoms with E-state index in [1.54, 1.807) is 6.07 Å². The van der Waals surface area contributed by atoms with Crippen molar-refractivity contribution in [1.29, 1.82) is 0 Å². The van der Waals surface area contributed by atoms with Gasteiger partial charge in [-0.25, -0.2) is 4.79 Å². The summed E-state index contributed by atoms with van der Waals surface area (Å²) in [5, 5.41) is 12.6. The van der Waals surface area contributed by atoms with E-state index in [4.69, 9.17) is 4.42 Å². The zero-order valence-electron chi connectivity index (χ0n) is 14.6. The van der Waals surface area contributed by atoms with Crippen LogP contribution in [0.2, 0.25) is 0 Å². The molecule has 1 aromatic heterocycles. The molecule has 0 atom stereocenters. The molecule has 3 nitrogen and oxygen atoms in total. The lowest BCUT2D eigenvalue weighted by atomic mass is 9.93. The molecule has 3 rings (SSSR count). The number of fused-ring (bicyclic) bond motifs is 3. The Labute approximate surface area is 141 Å². The molecular weight excluding hydrogens is 300 g/mol. The predicted molar refractivity (Wildman–Crippen MR) is 99.0 cm³/mol. The molecule has 0 unspecified atom stereocenters. The van der Waals surface area contributed by atoms with Gasteiger partial charge < -0.3 is 9.52 Å². The van der Waals surface area contributed by atoms with E-state index in [2.05, 4.69) is 20.8 Å². The third-order valence-electron chi connectivity index (χ3n) is 4.60. The lowest BCUT2D eigenvalue weighted by molar-refractivity contribution is 0.478. The topological polar surface area (TPSA) is 50.4 Å². The van der Waals surface area contributed by atoms with Crippen molar-refractivity contribution in [2.75, 3.05) is 0 Å². The number of hydrogen-bond acceptors (Lipinski definition) is 3. The molecule has 1 N–H and O–H groups in total. The standard InChI is InChI=1S/C21H24O3/c1-4-5-6-8-14-11-17(22)20-18(12-14)24-21(23)16-10-7-9-15(13(2)3)19(16)20/h7,9-13,22H,4-6,8H2,1-3H3. The van der Waals surface area contributed by atoms with Crippen molar-refractivity contribution >= 4 is 21.7 Å². The Hall–Kier alpha value is -2.29. The first kappa shape index (κ1) is 16.6. The molecule has 0 saturated heterocycles. The molecule has 0 aliphatic carbocycles.